The number of hydrogen-bond acceptors (Lipinski definition) is 3. The second-order valence-corrected chi connectivity index (χ2v) is 5.69. The largest absolute Gasteiger partial charge is 0.379 e. The number of nitrogens with one attached hydrogen (secondary N) is 2. The Hall–Kier alpha value is -1.17. The molecule has 1 aliphatic heterocycles. The van der Waals surface area contributed by atoms with E-state index < -0.39 is 0 Å². The number of anilines is 1. The lowest BCUT2D eigenvalue weighted by atomic mass is 10.1. The zero-order chi connectivity index (χ0) is 14.9. The topological polar surface area (TPSA) is 36.5 Å². The summed E-state index contributed by atoms with van der Waals surface area (Å²) in [6, 6.07) is 8.48. The molecule has 0 unspecified atom stereocenters. The van der Waals surface area contributed by atoms with Crippen molar-refractivity contribution in [2.24, 2.45) is 0 Å². The third-order valence-corrected chi connectivity index (χ3v) is 3.81. The van der Waals surface area contributed by atoms with Gasteiger partial charge in [0.2, 0.25) is 0 Å². The quantitative estimate of drug-likeness (QED) is 0.789. The maximum absolute atomic E-state index is 5.33. The monoisotopic (exact) mass is 307 g/mol. The van der Waals surface area contributed by atoms with Crippen LogP contribution < -0.4 is 10.6 Å². The van der Waals surface area contributed by atoms with Gasteiger partial charge in [0.1, 0.15) is 0 Å². The van der Waals surface area contributed by atoms with Gasteiger partial charge in [-0.1, -0.05) is 25.5 Å². The van der Waals surface area contributed by atoms with Crippen molar-refractivity contribution in [3.8, 4) is 0 Å². The van der Waals surface area contributed by atoms with Crippen LogP contribution in [0.1, 0.15) is 18.9 Å². The summed E-state index contributed by atoms with van der Waals surface area (Å²) < 4.78 is 5.33. The predicted octanol–water partition coefficient (Wildman–Crippen LogP) is 2.26. The van der Waals surface area contributed by atoms with Gasteiger partial charge in [0.05, 0.1) is 13.2 Å². The molecule has 2 N–H and O–H groups in total. The Kier molecular flexibility index (Phi) is 6.92. The molecule has 116 valence electrons. The van der Waals surface area contributed by atoms with E-state index in [0.717, 1.165) is 51.5 Å². The molecule has 1 saturated heterocycles. The van der Waals surface area contributed by atoms with Crippen LogP contribution in [-0.2, 0) is 11.2 Å². The first-order chi connectivity index (χ1) is 10.3. The summed E-state index contributed by atoms with van der Waals surface area (Å²) >= 11 is 5.32. The summed E-state index contributed by atoms with van der Waals surface area (Å²) in [4.78, 5) is 2.39. The second-order valence-electron chi connectivity index (χ2n) is 5.28. The van der Waals surface area contributed by atoms with Gasteiger partial charge in [0.15, 0.2) is 5.11 Å². The van der Waals surface area contributed by atoms with E-state index in [2.05, 4.69) is 46.7 Å². The van der Waals surface area contributed by atoms with Crippen LogP contribution in [0, 0.1) is 0 Å². The van der Waals surface area contributed by atoms with E-state index in [1.54, 1.807) is 0 Å². The van der Waals surface area contributed by atoms with Crippen molar-refractivity contribution in [2.45, 2.75) is 19.8 Å². The average molecular weight is 307 g/mol. The van der Waals surface area contributed by atoms with Crippen molar-refractivity contribution >= 4 is 23.0 Å². The molecular formula is C16H25N3OS. The summed E-state index contributed by atoms with van der Waals surface area (Å²) in [7, 11) is 0. The Morgan fingerprint density at radius 2 is 1.95 bits per heavy atom. The van der Waals surface area contributed by atoms with Gasteiger partial charge < -0.3 is 15.4 Å². The molecule has 1 aromatic rings. The molecule has 0 aliphatic carbocycles. The lowest BCUT2D eigenvalue weighted by Gasteiger charge is -2.26. The Morgan fingerprint density at radius 3 is 2.62 bits per heavy atom. The Balaban J connectivity index is 1.66. The molecule has 0 amide bonds. The van der Waals surface area contributed by atoms with E-state index in [1.807, 2.05) is 0 Å². The van der Waals surface area contributed by atoms with Crippen molar-refractivity contribution in [3.05, 3.63) is 29.8 Å². The van der Waals surface area contributed by atoms with Crippen molar-refractivity contribution in [1.29, 1.82) is 0 Å². The molecule has 4 nitrogen and oxygen atoms in total. The number of hydrogen-bond donors (Lipinski definition) is 2. The van der Waals surface area contributed by atoms with Gasteiger partial charge in [-0.2, -0.15) is 0 Å². The molecular weight excluding hydrogens is 282 g/mol. The maximum Gasteiger partial charge on any atom is 0.170 e. The first kappa shape index (κ1) is 16.2. The first-order valence-corrected chi connectivity index (χ1v) is 8.12. The van der Waals surface area contributed by atoms with Crippen LogP contribution in [0.2, 0.25) is 0 Å². The normalized spacial score (nSPS) is 15.7. The van der Waals surface area contributed by atoms with Crippen LogP contribution in [0.3, 0.4) is 0 Å². The Morgan fingerprint density at radius 1 is 1.24 bits per heavy atom. The minimum Gasteiger partial charge on any atom is -0.379 e. The van der Waals surface area contributed by atoms with Crippen LogP contribution in [0.5, 0.6) is 0 Å². The van der Waals surface area contributed by atoms with E-state index in [0.29, 0.717) is 5.11 Å². The molecule has 1 heterocycles. The molecule has 0 atom stereocenters. The predicted molar refractivity (Wildman–Crippen MR) is 91.9 cm³/mol. The first-order valence-electron chi connectivity index (χ1n) is 7.72. The number of ether oxygens (including phenoxy) is 1. The van der Waals surface area contributed by atoms with Crippen molar-refractivity contribution in [3.63, 3.8) is 0 Å². The summed E-state index contributed by atoms with van der Waals surface area (Å²) in [5.74, 6) is 0. The third-order valence-electron chi connectivity index (χ3n) is 3.57. The van der Waals surface area contributed by atoms with Gasteiger partial charge in [0, 0.05) is 31.9 Å². The average Bonchev–Trinajstić information content (AvgIpc) is 2.51. The standard InChI is InChI=1S/C16H25N3OS/c1-2-3-14-4-6-15(7-5-14)18-16(21)17-8-9-19-10-12-20-13-11-19/h4-7H,2-3,8-13H2,1H3,(H2,17,18,21). The SMILES string of the molecule is CCCc1ccc(NC(=S)NCCN2CCOCC2)cc1. The minimum atomic E-state index is 0.687. The molecule has 0 aromatic heterocycles. The van der Waals surface area contributed by atoms with Crippen LogP contribution in [0.15, 0.2) is 24.3 Å². The number of morpholine rings is 1. The van der Waals surface area contributed by atoms with Gasteiger partial charge in [-0.25, -0.2) is 0 Å². The molecule has 5 heteroatoms. The number of nitrogens with zero attached hydrogens (tertiary/aromatic N) is 1. The fraction of sp³-hybridized carbons (Fsp3) is 0.562. The van der Waals surface area contributed by atoms with Gasteiger partial charge in [0.25, 0.3) is 0 Å². The van der Waals surface area contributed by atoms with Crippen LogP contribution in [0.25, 0.3) is 0 Å². The highest BCUT2D eigenvalue weighted by Crippen LogP contribution is 2.10. The summed E-state index contributed by atoms with van der Waals surface area (Å²) in [5.41, 5.74) is 2.41. The maximum atomic E-state index is 5.33. The molecule has 1 aromatic carbocycles. The number of aryl methyl sites for hydroxylation is 1. The number of thiocarbonyl (C=S) groups is 1. The third kappa shape index (κ3) is 5.99. The molecule has 0 bridgehead atoms. The van der Waals surface area contributed by atoms with Crippen molar-refractivity contribution in [1.82, 2.24) is 10.2 Å². The summed E-state index contributed by atoms with van der Waals surface area (Å²) in [6.45, 7) is 7.77. The zero-order valence-electron chi connectivity index (χ0n) is 12.7. The number of rotatable bonds is 6. The molecule has 0 saturated carbocycles. The molecule has 0 spiro atoms. The zero-order valence-corrected chi connectivity index (χ0v) is 13.5. The lowest BCUT2D eigenvalue weighted by molar-refractivity contribution is 0.0389. The Bertz CT molecular complexity index is 430. The van der Waals surface area contributed by atoms with Gasteiger partial charge in [-0.05, 0) is 36.3 Å². The fourth-order valence-electron chi connectivity index (χ4n) is 2.37. The highest BCUT2D eigenvalue weighted by Gasteiger charge is 2.09. The van der Waals surface area contributed by atoms with Gasteiger partial charge in [-0.15, -0.1) is 0 Å². The lowest BCUT2D eigenvalue weighted by Crippen LogP contribution is -2.42. The van der Waals surface area contributed by atoms with Crippen LogP contribution in [-0.4, -0.2) is 49.4 Å². The second kappa shape index (κ2) is 8.97. The van der Waals surface area contributed by atoms with E-state index in [-0.39, 0.29) is 0 Å². The van der Waals surface area contributed by atoms with Gasteiger partial charge >= 0.3 is 0 Å². The van der Waals surface area contributed by atoms with E-state index >= 15 is 0 Å². The summed E-state index contributed by atoms with van der Waals surface area (Å²) in [5, 5.41) is 7.17. The van der Waals surface area contributed by atoms with E-state index in [1.165, 1.54) is 12.0 Å². The summed E-state index contributed by atoms with van der Waals surface area (Å²) in [6.07, 6.45) is 2.30. The highest BCUT2D eigenvalue weighted by atomic mass is 32.1. The van der Waals surface area contributed by atoms with E-state index in [9.17, 15) is 0 Å². The number of benzene rings is 1. The smallest absolute Gasteiger partial charge is 0.170 e. The van der Waals surface area contributed by atoms with Crippen LogP contribution >= 0.6 is 12.2 Å². The molecule has 1 aliphatic rings. The van der Waals surface area contributed by atoms with E-state index in [4.69, 9.17) is 17.0 Å². The molecule has 2 rings (SSSR count). The van der Waals surface area contributed by atoms with Gasteiger partial charge in [-0.3, -0.25) is 4.90 Å². The van der Waals surface area contributed by atoms with Crippen molar-refractivity contribution in [2.75, 3.05) is 44.7 Å². The van der Waals surface area contributed by atoms with Crippen molar-refractivity contribution < 1.29 is 4.74 Å². The molecule has 21 heavy (non-hydrogen) atoms. The Labute approximate surface area is 132 Å². The highest BCUT2D eigenvalue weighted by molar-refractivity contribution is 7.80. The van der Waals surface area contributed by atoms with Crippen LogP contribution in [0.4, 0.5) is 5.69 Å². The molecule has 1 fully saturated rings. The minimum absolute atomic E-state index is 0.687. The molecule has 0 radical (unpaired) electrons. The fourth-order valence-corrected chi connectivity index (χ4v) is 2.59.